The van der Waals surface area contributed by atoms with Gasteiger partial charge in [-0.3, -0.25) is 9.20 Å². The third-order valence-corrected chi connectivity index (χ3v) is 7.50. The van der Waals surface area contributed by atoms with Gasteiger partial charge in [0.2, 0.25) is 0 Å². The van der Waals surface area contributed by atoms with Gasteiger partial charge >= 0.3 is 0 Å². The molecule has 1 aliphatic heterocycles. The fraction of sp³-hybridized carbons (Fsp3) is 0.219. The first-order chi connectivity index (χ1) is 18.5. The van der Waals surface area contributed by atoms with E-state index in [0.717, 1.165) is 59.6 Å². The molecule has 1 aliphatic rings. The van der Waals surface area contributed by atoms with Crippen molar-refractivity contribution in [2.45, 2.75) is 39.7 Å². The van der Waals surface area contributed by atoms with Gasteiger partial charge in [0, 0.05) is 34.6 Å². The third-order valence-electron chi connectivity index (χ3n) is 7.25. The molecule has 0 saturated carbocycles. The normalized spacial score (nSPS) is 12.9. The number of nitrogens with zero attached hydrogens (tertiary/aromatic N) is 2. The van der Waals surface area contributed by atoms with Crippen LogP contribution >= 0.6 is 11.6 Å². The maximum absolute atomic E-state index is 14.0. The molecule has 0 atom stereocenters. The SMILES string of the molecule is CCOc1ccc(-c2cn3c(C(=O)Nc4ccc(Cl)cc4)c(-c4ccc(C)cc4)c4c3n2CCCC4)cc1. The van der Waals surface area contributed by atoms with Gasteiger partial charge in [-0.25, -0.2) is 0 Å². The fourth-order valence-electron chi connectivity index (χ4n) is 5.48. The number of hydrogen-bond acceptors (Lipinski definition) is 2. The van der Waals surface area contributed by atoms with E-state index in [0.29, 0.717) is 23.0 Å². The van der Waals surface area contributed by atoms with Crippen molar-refractivity contribution in [3.63, 3.8) is 0 Å². The van der Waals surface area contributed by atoms with Crippen molar-refractivity contribution in [1.29, 1.82) is 0 Å². The first-order valence-corrected chi connectivity index (χ1v) is 13.5. The van der Waals surface area contributed by atoms with Gasteiger partial charge in [0.25, 0.3) is 5.91 Å². The van der Waals surface area contributed by atoms with E-state index in [-0.39, 0.29) is 5.91 Å². The summed E-state index contributed by atoms with van der Waals surface area (Å²) in [6.45, 7) is 5.61. The number of carbonyl (C=O) groups excluding carboxylic acids is 1. The van der Waals surface area contributed by atoms with Crippen molar-refractivity contribution >= 4 is 28.8 Å². The largest absolute Gasteiger partial charge is 0.494 e. The van der Waals surface area contributed by atoms with Crippen LogP contribution in [-0.2, 0) is 13.0 Å². The molecular weight excluding hydrogens is 494 g/mol. The van der Waals surface area contributed by atoms with Crippen molar-refractivity contribution in [1.82, 2.24) is 8.97 Å². The first kappa shape index (κ1) is 24.4. The molecule has 0 unspecified atom stereocenters. The Kier molecular flexibility index (Phi) is 6.46. The molecule has 0 fully saturated rings. The second-order valence-electron chi connectivity index (χ2n) is 9.80. The van der Waals surface area contributed by atoms with Gasteiger partial charge in [-0.1, -0.05) is 41.4 Å². The number of anilines is 1. The summed E-state index contributed by atoms with van der Waals surface area (Å²) in [5.41, 5.74) is 9.16. The molecule has 5 aromatic rings. The van der Waals surface area contributed by atoms with E-state index in [1.807, 2.05) is 31.2 Å². The van der Waals surface area contributed by atoms with Crippen LogP contribution in [0.5, 0.6) is 5.75 Å². The first-order valence-electron chi connectivity index (χ1n) is 13.2. The summed E-state index contributed by atoms with van der Waals surface area (Å²) in [6.07, 6.45) is 5.20. The molecule has 6 rings (SSSR count). The van der Waals surface area contributed by atoms with E-state index in [9.17, 15) is 4.79 Å². The zero-order chi connectivity index (χ0) is 26.2. The lowest BCUT2D eigenvalue weighted by Gasteiger charge is -2.11. The van der Waals surface area contributed by atoms with Crippen molar-refractivity contribution < 1.29 is 9.53 Å². The molecule has 5 nitrogen and oxygen atoms in total. The molecular formula is C32H30ClN3O2. The lowest BCUT2D eigenvalue weighted by molar-refractivity contribution is 0.102. The topological polar surface area (TPSA) is 47.7 Å². The molecule has 1 amide bonds. The molecule has 3 heterocycles. The van der Waals surface area contributed by atoms with E-state index < -0.39 is 0 Å². The summed E-state index contributed by atoms with van der Waals surface area (Å²) in [5.74, 6) is 0.718. The number of halogens is 1. The monoisotopic (exact) mass is 523 g/mol. The van der Waals surface area contributed by atoms with E-state index in [4.69, 9.17) is 16.3 Å². The summed E-state index contributed by atoms with van der Waals surface area (Å²) in [4.78, 5) is 14.0. The van der Waals surface area contributed by atoms with E-state index in [1.165, 1.54) is 11.1 Å². The maximum atomic E-state index is 14.0. The zero-order valence-electron chi connectivity index (χ0n) is 21.6. The number of amides is 1. The highest BCUT2D eigenvalue weighted by Gasteiger charge is 2.29. The number of hydrogen-bond donors (Lipinski definition) is 1. The van der Waals surface area contributed by atoms with Crippen LogP contribution in [0.1, 0.15) is 41.4 Å². The summed E-state index contributed by atoms with van der Waals surface area (Å²) >= 11 is 6.08. The number of ether oxygens (including phenoxy) is 1. The Labute approximate surface area is 227 Å². The second kappa shape index (κ2) is 10.1. The predicted octanol–water partition coefficient (Wildman–Crippen LogP) is 8.02. The molecule has 192 valence electrons. The summed E-state index contributed by atoms with van der Waals surface area (Å²) in [7, 11) is 0. The van der Waals surface area contributed by atoms with E-state index in [1.54, 1.807) is 12.1 Å². The quantitative estimate of drug-likeness (QED) is 0.245. The van der Waals surface area contributed by atoms with Crippen LogP contribution in [0.3, 0.4) is 0 Å². The second-order valence-corrected chi connectivity index (χ2v) is 10.2. The number of rotatable bonds is 6. The number of carbonyl (C=O) groups is 1. The molecule has 0 saturated heterocycles. The number of nitrogens with one attached hydrogen (secondary N) is 1. The summed E-state index contributed by atoms with van der Waals surface area (Å²) < 4.78 is 10.1. The van der Waals surface area contributed by atoms with E-state index in [2.05, 4.69) is 63.8 Å². The minimum atomic E-state index is -0.139. The Morgan fingerprint density at radius 1 is 0.947 bits per heavy atom. The lowest BCUT2D eigenvalue weighted by atomic mass is 9.97. The summed E-state index contributed by atoms with van der Waals surface area (Å²) in [5, 5.41) is 3.75. The standard InChI is InChI=1S/C32H30ClN3O2/c1-3-38-26-17-11-22(12-18-26)28-20-36-30(31(37)34-25-15-13-24(33)14-16-25)29(23-9-7-21(2)8-10-23)27-6-4-5-19-35(28)32(27)36/h7-18,20H,3-6,19H2,1-2H3,(H,34,37). The molecule has 1 N–H and O–H groups in total. The Balaban J connectivity index is 1.56. The van der Waals surface area contributed by atoms with Gasteiger partial charge in [0.05, 0.1) is 12.3 Å². The molecule has 0 spiro atoms. The average molecular weight is 524 g/mol. The van der Waals surface area contributed by atoms with Gasteiger partial charge < -0.3 is 14.6 Å². The minimum absolute atomic E-state index is 0.139. The smallest absolute Gasteiger partial charge is 0.273 e. The third kappa shape index (κ3) is 4.37. The molecule has 2 aromatic heterocycles. The predicted molar refractivity (Wildman–Crippen MR) is 155 cm³/mol. The van der Waals surface area contributed by atoms with Crippen molar-refractivity contribution in [3.05, 3.63) is 101 Å². The molecule has 0 bridgehead atoms. The van der Waals surface area contributed by atoms with E-state index >= 15 is 0 Å². The summed E-state index contributed by atoms with van der Waals surface area (Å²) in [6, 6.07) is 23.9. The fourth-order valence-corrected chi connectivity index (χ4v) is 5.61. The zero-order valence-corrected chi connectivity index (χ0v) is 22.4. The van der Waals surface area contributed by atoms with Crippen LogP contribution < -0.4 is 10.1 Å². The van der Waals surface area contributed by atoms with Gasteiger partial charge in [0.15, 0.2) is 0 Å². The van der Waals surface area contributed by atoms with Crippen LogP contribution in [-0.4, -0.2) is 21.5 Å². The Morgan fingerprint density at radius 3 is 2.37 bits per heavy atom. The highest BCUT2D eigenvalue weighted by molar-refractivity contribution is 6.30. The minimum Gasteiger partial charge on any atom is -0.494 e. The van der Waals surface area contributed by atoms with Gasteiger partial charge in [-0.2, -0.15) is 0 Å². The molecule has 0 radical (unpaired) electrons. The van der Waals surface area contributed by atoms with Crippen molar-refractivity contribution in [2.75, 3.05) is 11.9 Å². The maximum Gasteiger partial charge on any atom is 0.273 e. The average Bonchev–Trinajstić information content (AvgIpc) is 3.34. The number of aromatic nitrogens is 2. The molecule has 38 heavy (non-hydrogen) atoms. The van der Waals surface area contributed by atoms with Crippen LogP contribution in [0.25, 0.3) is 28.0 Å². The van der Waals surface area contributed by atoms with Crippen molar-refractivity contribution in [3.8, 4) is 28.1 Å². The van der Waals surface area contributed by atoms with Crippen LogP contribution in [0.2, 0.25) is 5.02 Å². The molecule has 0 aliphatic carbocycles. The van der Waals surface area contributed by atoms with Gasteiger partial charge in [0.1, 0.15) is 17.1 Å². The number of aryl methyl sites for hydroxylation is 3. The van der Waals surface area contributed by atoms with Gasteiger partial charge in [-0.15, -0.1) is 0 Å². The van der Waals surface area contributed by atoms with Gasteiger partial charge in [-0.05, 0) is 92.8 Å². The number of imidazole rings is 1. The number of benzene rings is 3. The molecule has 3 aromatic carbocycles. The van der Waals surface area contributed by atoms with Crippen LogP contribution in [0.15, 0.2) is 79.0 Å². The lowest BCUT2D eigenvalue weighted by Crippen LogP contribution is -2.15. The van der Waals surface area contributed by atoms with Crippen LogP contribution in [0.4, 0.5) is 5.69 Å². The Bertz CT molecular complexity index is 1610. The molecule has 6 heteroatoms. The Hall–Kier alpha value is -3.96. The Morgan fingerprint density at radius 2 is 1.66 bits per heavy atom. The highest BCUT2D eigenvalue weighted by Crippen LogP contribution is 2.40. The van der Waals surface area contributed by atoms with Crippen LogP contribution in [0, 0.1) is 6.92 Å². The highest BCUT2D eigenvalue weighted by atomic mass is 35.5. The van der Waals surface area contributed by atoms with Crippen molar-refractivity contribution in [2.24, 2.45) is 0 Å².